The minimum atomic E-state index is 0.194. The van der Waals surface area contributed by atoms with Crippen LogP contribution >= 0.6 is 0 Å². The van der Waals surface area contributed by atoms with Crippen molar-refractivity contribution >= 4 is 6.21 Å². The van der Waals surface area contributed by atoms with E-state index in [1.807, 2.05) is 0 Å². The minimum absolute atomic E-state index is 0.194. The van der Waals surface area contributed by atoms with Crippen LogP contribution < -0.4 is 0 Å². The van der Waals surface area contributed by atoms with Crippen molar-refractivity contribution in [3.8, 4) is 0 Å². The van der Waals surface area contributed by atoms with E-state index in [1.54, 1.807) is 0 Å². The maximum Gasteiger partial charge on any atom is 0.157 e. The molecule has 80 valence electrons. The Morgan fingerprint density at radius 2 is 1.67 bits per heavy atom. The summed E-state index contributed by atoms with van der Waals surface area (Å²) in [5, 5.41) is 0. The quantitative estimate of drug-likeness (QED) is 0.616. The molecular weight excluding hydrogens is 182 g/mol. The standard InChI is InChI=1S/C14H20N/c1-13(2)10-14(3,11-15(13)4)12-8-6-5-7-9-12/h5-9,11H,10H2,1-4H3/q+1. The maximum absolute atomic E-state index is 2.36. The average molecular weight is 202 g/mol. The first-order chi connectivity index (χ1) is 6.94. The van der Waals surface area contributed by atoms with Crippen molar-refractivity contribution in [3.63, 3.8) is 0 Å². The second-order valence-electron chi connectivity index (χ2n) is 5.51. The van der Waals surface area contributed by atoms with Gasteiger partial charge in [-0.3, -0.25) is 0 Å². The molecule has 0 spiro atoms. The van der Waals surface area contributed by atoms with Gasteiger partial charge in [0.15, 0.2) is 5.54 Å². The zero-order valence-corrected chi connectivity index (χ0v) is 10.1. The summed E-state index contributed by atoms with van der Waals surface area (Å²) < 4.78 is 2.35. The summed E-state index contributed by atoms with van der Waals surface area (Å²) in [5.41, 5.74) is 1.88. The molecule has 0 N–H and O–H groups in total. The number of nitrogens with zero attached hydrogens (tertiary/aromatic N) is 1. The Morgan fingerprint density at radius 1 is 1.07 bits per heavy atom. The van der Waals surface area contributed by atoms with Crippen molar-refractivity contribution in [1.29, 1.82) is 0 Å². The van der Waals surface area contributed by atoms with E-state index < -0.39 is 0 Å². The van der Waals surface area contributed by atoms with E-state index in [-0.39, 0.29) is 11.0 Å². The molecule has 1 unspecified atom stereocenters. The molecule has 0 aliphatic carbocycles. The van der Waals surface area contributed by atoms with Crippen LogP contribution in [0.15, 0.2) is 30.3 Å². The lowest BCUT2D eigenvalue weighted by atomic mass is 9.77. The van der Waals surface area contributed by atoms with Crippen LogP contribution in [0.3, 0.4) is 0 Å². The van der Waals surface area contributed by atoms with Crippen molar-refractivity contribution in [3.05, 3.63) is 35.9 Å². The second-order valence-corrected chi connectivity index (χ2v) is 5.51. The van der Waals surface area contributed by atoms with Gasteiger partial charge in [-0.15, -0.1) is 0 Å². The Bertz CT molecular complexity index is 389. The van der Waals surface area contributed by atoms with E-state index in [1.165, 1.54) is 12.0 Å². The van der Waals surface area contributed by atoms with Crippen molar-refractivity contribution in [2.24, 2.45) is 0 Å². The Labute approximate surface area is 92.5 Å². The van der Waals surface area contributed by atoms with Crippen LogP contribution in [0.4, 0.5) is 0 Å². The maximum atomic E-state index is 2.36. The lowest BCUT2D eigenvalue weighted by Gasteiger charge is -2.21. The van der Waals surface area contributed by atoms with E-state index in [0.29, 0.717) is 0 Å². The number of hydrogen-bond acceptors (Lipinski definition) is 0. The van der Waals surface area contributed by atoms with Crippen LogP contribution in [0.25, 0.3) is 0 Å². The zero-order chi connectivity index (χ0) is 11.1. The molecule has 15 heavy (non-hydrogen) atoms. The summed E-state index contributed by atoms with van der Waals surface area (Å²) >= 11 is 0. The Balaban J connectivity index is 2.40. The fraction of sp³-hybridized carbons (Fsp3) is 0.500. The van der Waals surface area contributed by atoms with E-state index >= 15 is 0 Å². The van der Waals surface area contributed by atoms with Gasteiger partial charge in [0.25, 0.3) is 0 Å². The predicted molar refractivity (Wildman–Crippen MR) is 64.7 cm³/mol. The van der Waals surface area contributed by atoms with Crippen LogP contribution in [0, 0.1) is 0 Å². The van der Waals surface area contributed by atoms with Crippen molar-refractivity contribution in [1.82, 2.24) is 0 Å². The molecule has 0 bridgehead atoms. The first-order valence-electron chi connectivity index (χ1n) is 5.59. The highest BCUT2D eigenvalue weighted by molar-refractivity contribution is 5.71. The van der Waals surface area contributed by atoms with Gasteiger partial charge in [-0.25, -0.2) is 4.58 Å². The molecule has 1 aromatic rings. The van der Waals surface area contributed by atoms with Gasteiger partial charge in [0.05, 0.1) is 5.41 Å². The van der Waals surface area contributed by atoms with Gasteiger partial charge < -0.3 is 0 Å². The summed E-state index contributed by atoms with van der Waals surface area (Å²) in [6.45, 7) is 6.93. The number of rotatable bonds is 1. The van der Waals surface area contributed by atoms with Crippen molar-refractivity contribution in [2.75, 3.05) is 7.05 Å². The van der Waals surface area contributed by atoms with Crippen molar-refractivity contribution < 1.29 is 4.58 Å². The Hall–Kier alpha value is -1.11. The Kier molecular flexibility index (Phi) is 2.22. The lowest BCUT2D eigenvalue weighted by molar-refractivity contribution is -0.562. The molecule has 1 aliphatic heterocycles. The summed E-state index contributed by atoms with van der Waals surface area (Å²) in [5.74, 6) is 0. The molecule has 0 fully saturated rings. The van der Waals surface area contributed by atoms with Crippen LogP contribution in [0.1, 0.15) is 32.8 Å². The van der Waals surface area contributed by atoms with E-state index in [9.17, 15) is 0 Å². The highest BCUT2D eigenvalue weighted by atomic mass is 15.1. The summed E-state index contributed by atoms with van der Waals surface area (Å²) in [7, 11) is 2.17. The largest absolute Gasteiger partial charge is 0.237 e. The third-order valence-corrected chi connectivity index (χ3v) is 3.67. The van der Waals surface area contributed by atoms with E-state index in [2.05, 4.69) is 68.9 Å². The van der Waals surface area contributed by atoms with Gasteiger partial charge in [0.2, 0.25) is 0 Å². The normalized spacial score (nSPS) is 28.9. The number of hydrogen-bond donors (Lipinski definition) is 0. The van der Waals surface area contributed by atoms with Gasteiger partial charge in [-0.2, -0.15) is 0 Å². The highest BCUT2D eigenvalue weighted by Crippen LogP contribution is 2.36. The molecule has 1 heterocycles. The third kappa shape index (κ3) is 1.71. The van der Waals surface area contributed by atoms with E-state index in [4.69, 9.17) is 0 Å². The molecular formula is C14H20N+. The molecule has 0 saturated heterocycles. The molecule has 0 radical (unpaired) electrons. The first kappa shape index (κ1) is 10.4. The highest BCUT2D eigenvalue weighted by Gasteiger charge is 2.46. The monoisotopic (exact) mass is 202 g/mol. The molecule has 0 saturated carbocycles. The molecule has 2 rings (SSSR count). The average Bonchev–Trinajstić information content (AvgIpc) is 2.38. The topological polar surface area (TPSA) is 3.01 Å². The lowest BCUT2D eigenvalue weighted by Crippen LogP contribution is -2.30. The van der Waals surface area contributed by atoms with Crippen LogP contribution in [-0.4, -0.2) is 23.4 Å². The summed E-state index contributed by atoms with van der Waals surface area (Å²) in [6.07, 6.45) is 3.54. The molecule has 1 nitrogen and oxygen atoms in total. The van der Waals surface area contributed by atoms with Crippen molar-refractivity contribution in [2.45, 2.75) is 38.1 Å². The molecule has 1 atom stereocenters. The van der Waals surface area contributed by atoms with Crippen LogP contribution in [0.5, 0.6) is 0 Å². The summed E-state index contributed by atoms with van der Waals surface area (Å²) in [4.78, 5) is 0. The third-order valence-electron chi connectivity index (χ3n) is 3.67. The molecule has 1 aliphatic rings. The van der Waals surface area contributed by atoms with E-state index in [0.717, 1.165) is 0 Å². The minimum Gasteiger partial charge on any atom is -0.237 e. The summed E-state index contributed by atoms with van der Waals surface area (Å²) in [6, 6.07) is 10.8. The first-order valence-corrected chi connectivity index (χ1v) is 5.59. The molecule has 1 heteroatoms. The molecule has 0 amide bonds. The van der Waals surface area contributed by atoms with Gasteiger partial charge in [-0.05, 0) is 26.3 Å². The second kappa shape index (κ2) is 3.19. The fourth-order valence-electron chi connectivity index (χ4n) is 2.67. The molecule has 1 aromatic carbocycles. The fourth-order valence-corrected chi connectivity index (χ4v) is 2.67. The predicted octanol–water partition coefficient (Wildman–Crippen LogP) is 2.84. The smallest absolute Gasteiger partial charge is 0.157 e. The van der Waals surface area contributed by atoms with Gasteiger partial charge >= 0.3 is 0 Å². The van der Waals surface area contributed by atoms with Gasteiger partial charge in [-0.1, -0.05) is 30.3 Å². The van der Waals surface area contributed by atoms with Crippen LogP contribution in [0.2, 0.25) is 0 Å². The SMILES string of the molecule is C[N+]1=CC(C)(c2ccccc2)CC1(C)C. The van der Waals surface area contributed by atoms with Crippen LogP contribution in [-0.2, 0) is 5.41 Å². The zero-order valence-electron chi connectivity index (χ0n) is 10.1. The van der Waals surface area contributed by atoms with Gasteiger partial charge in [0.1, 0.15) is 13.3 Å². The molecule has 0 aromatic heterocycles. The Morgan fingerprint density at radius 3 is 2.13 bits per heavy atom. The number of benzene rings is 1. The van der Waals surface area contributed by atoms with Gasteiger partial charge in [0, 0.05) is 6.42 Å².